The van der Waals surface area contributed by atoms with Crippen LogP contribution < -0.4 is 10.5 Å². The van der Waals surface area contributed by atoms with Crippen LogP contribution in [-0.2, 0) is 0 Å². The number of hydrogen-bond donors (Lipinski definition) is 1. The molecule has 0 spiro atoms. The van der Waals surface area contributed by atoms with Crippen molar-refractivity contribution < 1.29 is 9.26 Å². The molecule has 2 unspecified atom stereocenters. The van der Waals surface area contributed by atoms with Crippen molar-refractivity contribution in [3.63, 3.8) is 0 Å². The van der Waals surface area contributed by atoms with Gasteiger partial charge in [0.1, 0.15) is 5.75 Å². The van der Waals surface area contributed by atoms with Crippen molar-refractivity contribution in [2.45, 2.75) is 32.1 Å². The molecule has 5 nitrogen and oxygen atoms in total. The molecule has 2 aromatic rings. The first-order chi connectivity index (χ1) is 9.67. The number of benzene rings is 1. The lowest BCUT2D eigenvalue weighted by Gasteiger charge is -2.05. The Morgan fingerprint density at radius 2 is 2.20 bits per heavy atom. The smallest absolute Gasteiger partial charge is 0.261 e. The maximum Gasteiger partial charge on any atom is 0.261 e. The fourth-order valence-corrected chi connectivity index (χ4v) is 2.84. The molecule has 1 fully saturated rings. The van der Waals surface area contributed by atoms with E-state index < -0.39 is 0 Å². The normalized spacial score (nSPS) is 22.1. The fourth-order valence-electron chi connectivity index (χ4n) is 2.84. The SMILES string of the molecule is COc1cc(N)ccc1-c1nc(C2CCC(C)C2)no1. The van der Waals surface area contributed by atoms with Crippen LogP contribution >= 0.6 is 0 Å². The van der Waals surface area contributed by atoms with Crippen molar-refractivity contribution in [1.29, 1.82) is 0 Å². The van der Waals surface area contributed by atoms with Crippen molar-refractivity contribution in [1.82, 2.24) is 10.1 Å². The maximum absolute atomic E-state index is 5.75. The summed E-state index contributed by atoms with van der Waals surface area (Å²) in [5.41, 5.74) is 7.19. The molecule has 0 amide bonds. The Balaban J connectivity index is 1.90. The zero-order valence-electron chi connectivity index (χ0n) is 11.8. The minimum absolute atomic E-state index is 0.419. The number of methoxy groups -OCH3 is 1. The van der Waals surface area contributed by atoms with Gasteiger partial charge in [0.2, 0.25) is 0 Å². The predicted molar refractivity (Wildman–Crippen MR) is 76.5 cm³/mol. The summed E-state index contributed by atoms with van der Waals surface area (Å²) in [6.07, 6.45) is 3.51. The van der Waals surface area contributed by atoms with Crippen LogP contribution in [0.4, 0.5) is 5.69 Å². The van der Waals surface area contributed by atoms with Gasteiger partial charge in [0.15, 0.2) is 5.82 Å². The van der Waals surface area contributed by atoms with E-state index in [1.54, 1.807) is 19.2 Å². The molecule has 1 aliphatic carbocycles. The van der Waals surface area contributed by atoms with Gasteiger partial charge < -0.3 is 15.0 Å². The summed E-state index contributed by atoms with van der Waals surface area (Å²) in [6.45, 7) is 2.27. The molecule has 1 saturated carbocycles. The summed E-state index contributed by atoms with van der Waals surface area (Å²) < 4.78 is 10.7. The fraction of sp³-hybridized carbons (Fsp3) is 0.467. The van der Waals surface area contributed by atoms with E-state index in [4.69, 9.17) is 15.0 Å². The highest BCUT2D eigenvalue weighted by atomic mass is 16.5. The van der Waals surface area contributed by atoms with E-state index in [2.05, 4.69) is 17.1 Å². The van der Waals surface area contributed by atoms with E-state index in [-0.39, 0.29) is 0 Å². The van der Waals surface area contributed by atoms with Crippen LogP contribution in [0.1, 0.15) is 37.9 Å². The molecule has 1 aromatic heterocycles. The number of nitrogens with zero attached hydrogens (tertiary/aromatic N) is 2. The highest BCUT2D eigenvalue weighted by molar-refractivity contribution is 5.66. The Bertz CT molecular complexity index is 609. The molecular weight excluding hydrogens is 254 g/mol. The van der Waals surface area contributed by atoms with Gasteiger partial charge >= 0.3 is 0 Å². The molecule has 106 valence electrons. The first-order valence-electron chi connectivity index (χ1n) is 6.95. The molecule has 1 heterocycles. The number of hydrogen-bond acceptors (Lipinski definition) is 5. The summed E-state index contributed by atoms with van der Waals surface area (Å²) in [5, 5.41) is 4.13. The van der Waals surface area contributed by atoms with Crippen molar-refractivity contribution in [2.24, 2.45) is 5.92 Å². The number of aromatic nitrogens is 2. The van der Waals surface area contributed by atoms with Crippen LogP contribution in [0.2, 0.25) is 0 Å². The maximum atomic E-state index is 5.75. The van der Waals surface area contributed by atoms with Gasteiger partial charge in [-0.15, -0.1) is 0 Å². The van der Waals surface area contributed by atoms with Gasteiger partial charge in [0, 0.05) is 17.7 Å². The Morgan fingerprint density at radius 3 is 2.90 bits per heavy atom. The molecule has 2 N–H and O–H groups in total. The Labute approximate surface area is 118 Å². The number of ether oxygens (including phenoxy) is 1. The first-order valence-corrected chi connectivity index (χ1v) is 6.95. The third kappa shape index (κ3) is 2.35. The average molecular weight is 273 g/mol. The molecule has 0 radical (unpaired) electrons. The standard InChI is InChI=1S/C15H19N3O2/c1-9-3-4-10(7-9)14-17-15(20-18-14)12-6-5-11(16)8-13(12)19-2/h5-6,8-10H,3-4,7,16H2,1-2H3. The van der Waals surface area contributed by atoms with E-state index in [9.17, 15) is 0 Å². The monoisotopic (exact) mass is 273 g/mol. The second kappa shape index (κ2) is 5.15. The van der Waals surface area contributed by atoms with Crippen LogP contribution in [0.15, 0.2) is 22.7 Å². The van der Waals surface area contributed by atoms with Crippen LogP contribution in [-0.4, -0.2) is 17.3 Å². The quantitative estimate of drug-likeness (QED) is 0.869. The zero-order chi connectivity index (χ0) is 14.1. The van der Waals surface area contributed by atoms with Crippen LogP contribution in [0.5, 0.6) is 5.75 Å². The van der Waals surface area contributed by atoms with E-state index >= 15 is 0 Å². The third-order valence-corrected chi connectivity index (χ3v) is 3.96. The molecule has 3 rings (SSSR count). The van der Waals surface area contributed by atoms with Gasteiger partial charge in [-0.05, 0) is 37.3 Å². The summed E-state index contributed by atoms with van der Waals surface area (Å²) in [7, 11) is 1.61. The lowest BCUT2D eigenvalue weighted by atomic mass is 10.1. The van der Waals surface area contributed by atoms with Gasteiger partial charge in [-0.25, -0.2) is 0 Å². The number of nitrogens with two attached hydrogens (primary N) is 1. The minimum atomic E-state index is 0.419. The van der Waals surface area contributed by atoms with Crippen molar-refractivity contribution in [3.05, 3.63) is 24.0 Å². The summed E-state index contributed by atoms with van der Waals surface area (Å²) in [6, 6.07) is 5.42. The Hall–Kier alpha value is -2.04. The topological polar surface area (TPSA) is 74.2 Å². The second-order valence-electron chi connectivity index (χ2n) is 5.53. The molecule has 0 bridgehead atoms. The van der Waals surface area contributed by atoms with Gasteiger partial charge in [-0.3, -0.25) is 0 Å². The summed E-state index contributed by atoms with van der Waals surface area (Å²) in [5.74, 6) is 3.12. The molecular formula is C15H19N3O2. The van der Waals surface area contributed by atoms with E-state index in [0.717, 1.165) is 30.1 Å². The number of rotatable bonds is 3. The van der Waals surface area contributed by atoms with E-state index in [1.807, 2.05) is 6.07 Å². The zero-order valence-corrected chi connectivity index (χ0v) is 11.8. The van der Waals surface area contributed by atoms with Gasteiger partial charge in [-0.1, -0.05) is 12.1 Å². The Morgan fingerprint density at radius 1 is 1.35 bits per heavy atom. The largest absolute Gasteiger partial charge is 0.496 e. The van der Waals surface area contributed by atoms with Crippen molar-refractivity contribution in [2.75, 3.05) is 12.8 Å². The molecule has 1 aromatic carbocycles. The predicted octanol–water partition coefficient (Wildman–Crippen LogP) is 3.23. The van der Waals surface area contributed by atoms with Crippen molar-refractivity contribution >= 4 is 5.69 Å². The number of anilines is 1. The highest BCUT2D eigenvalue weighted by Crippen LogP contribution is 2.38. The molecule has 2 atom stereocenters. The molecule has 1 aliphatic rings. The molecule has 0 aliphatic heterocycles. The summed E-state index contributed by atoms with van der Waals surface area (Å²) >= 11 is 0. The minimum Gasteiger partial charge on any atom is -0.496 e. The van der Waals surface area contributed by atoms with Crippen molar-refractivity contribution in [3.8, 4) is 17.2 Å². The van der Waals surface area contributed by atoms with E-state index in [0.29, 0.717) is 23.2 Å². The summed E-state index contributed by atoms with van der Waals surface area (Å²) in [4.78, 5) is 4.54. The molecule has 20 heavy (non-hydrogen) atoms. The van der Waals surface area contributed by atoms with Gasteiger partial charge in [0.25, 0.3) is 5.89 Å². The lowest BCUT2D eigenvalue weighted by molar-refractivity contribution is 0.400. The van der Waals surface area contributed by atoms with Crippen LogP contribution in [0.3, 0.4) is 0 Å². The second-order valence-corrected chi connectivity index (χ2v) is 5.53. The number of nitrogen functional groups attached to an aromatic ring is 1. The Kier molecular flexibility index (Phi) is 3.34. The van der Waals surface area contributed by atoms with E-state index in [1.165, 1.54) is 6.42 Å². The molecule has 5 heteroatoms. The average Bonchev–Trinajstić information content (AvgIpc) is 3.07. The van der Waals surface area contributed by atoms with Crippen LogP contribution in [0, 0.1) is 5.92 Å². The van der Waals surface area contributed by atoms with Gasteiger partial charge in [0.05, 0.1) is 12.7 Å². The highest BCUT2D eigenvalue weighted by Gasteiger charge is 2.27. The molecule has 0 saturated heterocycles. The first kappa shape index (κ1) is 13.0. The van der Waals surface area contributed by atoms with Crippen LogP contribution in [0.25, 0.3) is 11.5 Å². The third-order valence-electron chi connectivity index (χ3n) is 3.96. The van der Waals surface area contributed by atoms with Gasteiger partial charge in [-0.2, -0.15) is 4.98 Å². The lowest BCUT2D eigenvalue weighted by Crippen LogP contribution is -1.96.